The van der Waals surface area contributed by atoms with Crippen LogP contribution >= 0.6 is 0 Å². The van der Waals surface area contributed by atoms with Crippen molar-refractivity contribution in [1.29, 1.82) is 0 Å². The van der Waals surface area contributed by atoms with Crippen LogP contribution in [-0.2, 0) is 0 Å². The number of ether oxygens (including phenoxy) is 2. The summed E-state index contributed by atoms with van der Waals surface area (Å²) >= 11 is 0. The van der Waals surface area contributed by atoms with E-state index in [0.29, 0.717) is 28.3 Å². The molecule has 2 amide bonds. The first-order valence-corrected chi connectivity index (χ1v) is 10.6. The SMILES string of the molecule is COc1ccc(-c2nn(-c3ccccc3)cc2C(=O)NNC(=O)c2ccccc2C)cc1OC. The number of nitrogens with zero attached hydrogens (tertiary/aromatic N) is 2. The van der Waals surface area contributed by atoms with Gasteiger partial charge in [-0.05, 0) is 48.9 Å². The van der Waals surface area contributed by atoms with E-state index in [4.69, 9.17) is 9.47 Å². The van der Waals surface area contributed by atoms with E-state index in [9.17, 15) is 9.59 Å². The molecule has 0 saturated heterocycles. The summed E-state index contributed by atoms with van der Waals surface area (Å²) in [7, 11) is 3.09. The quantitative estimate of drug-likeness (QED) is 0.429. The Bertz CT molecular complexity index is 1330. The second-order valence-electron chi connectivity index (χ2n) is 7.46. The van der Waals surface area contributed by atoms with Crippen molar-refractivity contribution in [3.63, 3.8) is 0 Å². The van der Waals surface area contributed by atoms with Gasteiger partial charge in [0.2, 0.25) is 0 Å². The van der Waals surface area contributed by atoms with Gasteiger partial charge in [0.05, 0.1) is 25.5 Å². The fourth-order valence-electron chi connectivity index (χ4n) is 3.53. The number of aryl methyl sites for hydroxylation is 1. The molecule has 2 N–H and O–H groups in total. The van der Waals surface area contributed by atoms with Crippen LogP contribution in [0.2, 0.25) is 0 Å². The fourth-order valence-corrected chi connectivity index (χ4v) is 3.53. The van der Waals surface area contributed by atoms with Crippen LogP contribution < -0.4 is 20.3 Å². The van der Waals surface area contributed by atoms with Gasteiger partial charge in [-0.3, -0.25) is 20.4 Å². The molecule has 0 bridgehead atoms. The second-order valence-corrected chi connectivity index (χ2v) is 7.46. The Hall–Kier alpha value is -4.59. The number of nitrogens with one attached hydrogen (secondary N) is 2. The van der Waals surface area contributed by atoms with Gasteiger partial charge in [0.15, 0.2) is 11.5 Å². The van der Waals surface area contributed by atoms with E-state index in [-0.39, 0.29) is 5.56 Å². The largest absolute Gasteiger partial charge is 0.493 e. The molecule has 8 heteroatoms. The van der Waals surface area contributed by atoms with Gasteiger partial charge in [-0.25, -0.2) is 4.68 Å². The molecule has 0 saturated carbocycles. The maximum Gasteiger partial charge on any atom is 0.273 e. The van der Waals surface area contributed by atoms with E-state index < -0.39 is 11.8 Å². The number of carbonyl (C=O) groups excluding carboxylic acids is 2. The highest BCUT2D eigenvalue weighted by Crippen LogP contribution is 2.33. The van der Waals surface area contributed by atoms with Gasteiger partial charge in [0, 0.05) is 17.3 Å². The van der Waals surface area contributed by atoms with Crippen LogP contribution in [0.4, 0.5) is 0 Å². The topological polar surface area (TPSA) is 94.5 Å². The number of benzene rings is 3. The molecule has 34 heavy (non-hydrogen) atoms. The predicted molar refractivity (Wildman–Crippen MR) is 128 cm³/mol. The van der Waals surface area contributed by atoms with Gasteiger partial charge in [-0.15, -0.1) is 0 Å². The monoisotopic (exact) mass is 456 g/mol. The van der Waals surface area contributed by atoms with Crippen LogP contribution in [0.25, 0.3) is 16.9 Å². The zero-order chi connectivity index (χ0) is 24.1. The van der Waals surface area contributed by atoms with Crippen LogP contribution in [0.1, 0.15) is 26.3 Å². The summed E-state index contributed by atoms with van der Waals surface area (Å²) in [5, 5.41) is 4.65. The van der Waals surface area contributed by atoms with Crippen molar-refractivity contribution < 1.29 is 19.1 Å². The third-order valence-electron chi connectivity index (χ3n) is 5.32. The molecule has 0 spiro atoms. The van der Waals surface area contributed by atoms with E-state index in [1.54, 1.807) is 55.4 Å². The molecule has 0 radical (unpaired) electrons. The molecule has 4 aromatic rings. The van der Waals surface area contributed by atoms with Crippen LogP contribution in [0.3, 0.4) is 0 Å². The van der Waals surface area contributed by atoms with Gasteiger partial charge >= 0.3 is 0 Å². The summed E-state index contributed by atoms with van der Waals surface area (Å²) < 4.78 is 12.3. The minimum Gasteiger partial charge on any atom is -0.493 e. The average Bonchev–Trinajstić information content (AvgIpc) is 3.33. The zero-order valence-corrected chi connectivity index (χ0v) is 19.0. The summed E-state index contributed by atoms with van der Waals surface area (Å²) in [4.78, 5) is 25.7. The van der Waals surface area contributed by atoms with Crippen LogP contribution in [0.5, 0.6) is 11.5 Å². The van der Waals surface area contributed by atoms with Crippen molar-refractivity contribution in [3.05, 3.63) is 95.7 Å². The highest BCUT2D eigenvalue weighted by atomic mass is 16.5. The van der Waals surface area contributed by atoms with E-state index in [1.165, 1.54) is 0 Å². The van der Waals surface area contributed by atoms with E-state index in [2.05, 4.69) is 16.0 Å². The van der Waals surface area contributed by atoms with Crippen molar-refractivity contribution in [2.24, 2.45) is 0 Å². The van der Waals surface area contributed by atoms with Gasteiger partial charge in [0.25, 0.3) is 11.8 Å². The Kier molecular flexibility index (Phi) is 6.59. The molecule has 0 unspecified atom stereocenters. The highest BCUT2D eigenvalue weighted by molar-refractivity contribution is 6.02. The lowest BCUT2D eigenvalue weighted by atomic mass is 10.1. The smallest absolute Gasteiger partial charge is 0.273 e. The maximum absolute atomic E-state index is 13.1. The van der Waals surface area contributed by atoms with E-state index in [0.717, 1.165) is 11.3 Å². The summed E-state index contributed by atoms with van der Waals surface area (Å²) in [6.07, 6.45) is 1.62. The van der Waals surface area contributed by atoms with Gasteiger partial charge in [0.1, 0.15) is 5.69 Å². The number of carbonyl (C=O) groups is 2. The molecule has 8 nitrogen and oxygen atoms in total. The Morgan fingerprint density at radius 3 is 2.12 bits per heavy atom. The van der Waals surface area contributed by atoms with Gasteiger partial charge in [-0.2, -0.15) is 5.10 Å². The molecule has 0 aliphatic carbocycles. The third kappa shape index (κ3) is 4.61. The molecule has 1 aromatic heterocycles. The number of methoxy groups -OCH3 is 2. The molecular formula is C26H24N4O4. The molecule has 172 valence electrons. The van der Waals surface area contributed by atoms with E-state index in [1.807, 2.05) is 49.4 Å². The van der Waals surface area contributed by atoms with Crippen molar-refractivity contribution in [3.8, 4) is 28.4 Å². The minimum absolute atomic E-state index is 0.279. The number of aromatic nitrogens is 2. The Labute approximate surface area is 197 Å². The first-order chi connectivity index (χ1) is 16.5. The number of para-hydroxylation sites is 1. The summed E-state index contributed by atoms with van der Waals surface area (Å²) in [5.74, 6) is 0.155. The van der Waals surface area contributed by atoms with Gasteiger partial charge in [-0.1, -0.05) is 36.4 Å². The predicted octanol–water partition coefficient (Wildman–Crippen LogP) is 3.94. The van der Waals surface area contributed by atoms with Crippen LogP contribution in [-0.4, -0.2) is 35.8 Å². The summed E-state index contributed by atoms with van der Waals surface area (Å²) in [5.41, 5.74) is 8.41. The lowest BCUT2D eigenvalue weighted by Gasteiger charge is -2.10. The van der Waals surface area contributed by atoms with Crippen molar-refractivity contribution in [2.45, 2.75) is 6.92 Å². The van der Waals surface area contributed by atoms with Crippen LogP contribution in [0.15, 0.2) is 79.0 Å². The number of rotatable bonds is 6. The molecular weight excluding hydrogens is 432 g/mol. The van der Waals surface area contributed by atoms with Gasteiger partial charge < -0.3 is 9.47 Å². The molecule has 3 aromatic carbocycles. The molecule has 0 aliphatic heterocycles. The van der Waals surface area contributed by atoms with Crippen molar-refractivity contribution >= 4 is 11.8 Å². The normalized spacial score (nSPS) is 10.4. The fraction of sp³-hybridized carbons (Fsp3) is 0.115. The summed E-state index contributed by atoms with van der Waals surface area (Å²) in [6, 6.07) is 21.9. The molecule has 1 heterocycles. The molecule has 4 rings (SSSR count). The number of amides is 2. The van der Waals surface area contributed by atoms with Crippen molar-refractivity contribution in [2.75, 3.05) is 14.2 Å². The minimum atomic E-state index is -0.506. The average molecular weight is 457 g/mol. The lowest BCUT2D eigenvalue weighted by molar-refractivity contribution is 0.0846. The standard InChI is InChI=1S/C26H24N4O4/c1-17-9-7-8-12-20(17)25(31)27-28-26(32)21-16-30(19-10-5-4-6-11-19)29-24(21)18-13-14-22(33-2)23(15-18)34-3/h4-16H,1-3H3,(H,27,31)(H,28,32). The Balaban J connectivity index is 1.68. The maximum atomic E-state index is 13.1. The lowest BCUT2D eigenvalue weighted by Crippen LogP contribution is -2.41. The Morgan fingerprint density at radius 1 is 0.794 bits per heavy atom. The highest BCUT2D eigenvalue weighted by Gasteiger charge is 2.21. The first kappa shape index (κ1) is 22.6. The van der Waals surface area contributed by atoms with E-state index >= 15 is 0 Å². The number of hydrogen-bond donors (Lipinski definition) is 2. The number of hydrogen-bond acceptors (Lipinski definition) is 5. The molecule has 0 atom stereocenters. The first-order valence-electron chi connectivity index (χ1n) is 10.6. The molecule has 0 aliphatic rings. The zero-order valence-electron chi connectivity index (χ0n) is 19.0. The third-order valence-corrected chi connectivity index (χ3v) is 5.32. The second kappa shape index (κ2) is 9.91. The summed E-state index contributed by atoms with van der Waals surface area (Å²) in [6.45, 7) is 1.83. The molecule has 0 fully saturated rings. The Morgan fingerprint density at radius 2 is 1.44 bits per heavy atom. The van der Waals surface area contributed by atoms with Crippen molar-refractivity contribution in [1.82, 2.24) is 20.6 Å². The van der Waals surface area contributed by atoms with Crippen LogP contribution in [0, 0.1) is 6.92 Å². The number of hydrazine groups is 1.